The molecule has 0 aliphatic rings. The molecule has 7 heteroatoms. The number of nitrogens with zero attached hydrogens (tertiary/aromatic N) is 4. The van der Waals surface area contributed by atoms with Crippen LogP contribution < -0.4 is 0 Å². The normalized spacial score (nSPS) is 12.8. The van der Waals surface area contributed by atoms with Crippen LogP contribution in [0.1, 0.15) is 82.0 Å². The van der Waals surface area contributed by atoms with Crippen LogP contribution in [-0.2, 0) is 6.42 Å². The van der Waals surface area contributed by atoms with Gasteiger partial charge in [0.1, 0.15) is 10.7 Å². The summed E-state index contributed by atoms with van der Waals surface area (Å²) in [6.45, 7) is 14.4. The average Bonchev–Trinajstić information content (AvgIpc) is 3.20. The van der Waals surface area contributed by atoms with Gasteiger partial charge in [0.25, 0.3) is 5.91 Å². The Bertz CT molecular complexity index is 1030. The number of hydrogen-bond acceptors (Lipinski definition) is 6. The van der Waals surface area contributed by atoms with Crippen LogP contribution in [0.3, 0.4) is 0 Å². The van der Waals surface area contributed by atoms with Crippen molar-refractivity contribution in [3.05, 3.63) is 37.5 Å². The van der Waals surface area contributed by atoms with Crippen LogP contribution in [0.4, 0.5) is 0 Å². The number of thiazole rings is 1. The summed E-state index contributed by atoms with van der Waals surface area (Å²) in [6, 6.07) is -0.0273. The number of carbonyl (C=O) groups excluding carboxylic acids is 1. The van der Waals surface area contributed by atoms with E-state index in [0.29, 0.717) is 5.92 Å². The first-order valence-corrected chi connectivity index (χ1v) is 11.3. The predicted octanol–water partition coefficient (Wildman–Crippen LogP) is 5.59. The van der Waals surface area contributed by atoms with E-state index in [4.69, 9.17) is 4.98 Å². The molecule has 0 aromatic carbocycles. The van der Waals surface area contributed by atoms with Crippen molar-refractivity contribution >= 4 is 38.8 Å². The van der Waals surface area contributed by atoms with Crippen LogP contribution in [0.25, 0.3) is 10.2 Å². The van der Waals surface area contributed by atoms with Crippen LogP contribution in [0.15, 0.2) is 0 Å². The lowest BCUT2D eigenvalue weighted by Crippen LogP contribution is -2.29. The molecule has 0 bridgehead atoms. The van der Waals surface area contributed by atoms with Crippen molar-refractivity contribution < 1.29 is 4.79 Å². The third-order valence-corrected chi connectivity index (χ3v) is 7.95. The maximum atomic E-state index is 13.3. The van der Waals surface area contributed by atoms with E-state index in [1.54, 1.807) is 11.3 Å². The number of aryl methyl sites for hydroxylation is 4. The minimum absolute atomic E-state index is 0.0273. The number of thiophene rings is 1. The highest BCUT2D eigenvalue weighted by Crippen LogP contribution is 2.36. The average molecular weight is 417 g/mol. The van der Waals surface area contributed by atoms with E-state index >= 15 is 0 Å². The highest BCUT2D eigenvalue weighted by molar-refractivity contribution is 7.20. The van der Waals surface area contributed by atoms with Crippen LogP contribution in [0, 0.1) is 20.8 Å². The van der Waals surface area contributed by atoms with Gasteiger partial charge in [-0.25, -0.2) is 15.0 Å². The van der Waals surface area contributed by atoms with Gasteiger partial charge in [0.2, 0.25) is 0 Å². The molecular weight excluding hydrogens is 388 g/mol. The lowest BCUT2D eigenvalue weighted by atomic mass is 10.1. The molecule has 3 rings (SSSR count). The lowest BCUT2D eigenvalue weighted by Gasteiger charge is -2.24. The van der Waals surface area contributed by atoms with E-state index in [1.165, 1.54) is 11.3 Å². The summed E-state index contributed by atoms with van der Waals surface area (Å²) in [6.07, 6.45) is 0.788. The molecule has 0 spiro atoms. The van der Waals surface area contributed by atoms with E-state index < -0.39 is 0 Å². The van der Waals surface area contributed by atoms with E-state index in [9.17, 15) is 4.79 Å². The SMILES string of the molecule is CCc1nc(C)c2c(C)c(C(=O)N(C)[C@H](C)c3sc(C(C)C)nc3C)sc2n1. The maximum Gasteiger partial charge on any atom is 0.264 e. The van der Waals surface area contributed by atoms with E-state index in [1.807, 2.05) is 39.6 Å². The first kappa shape index (κ1) is 20.9. The van der Waals surface area contributed by atoms with Gasteiger partial charge < -0.3 is 4.90 Å². The zero-order valence-electron chi connectivity index (χ0n) is 17.9. The van der Waals surface area contributed by atoms with E-state index in [2.05, 4.69) is 30.7 Å². The third kappa shape index (κ3) is 3.57. The van der Waals surface area contributed by atoms with Gasteiger partial charge in [-0.15, -0.1) is 22.7 Å². The second-order valence-corrected chi connectivity index (χ2v) is 9.62. The van der Waals surface area contributed by atoms with E-state index in [0.717, 1.165) is 54.2 Å². The van der Waals surface area contributed by atoms with Crippen molar-refractivity contribution in [2.24, 2.45) is 0 Å². The van der Waals surface area contributed by atoms with Crippen LogP contribution in [-0.4, -0.2) is 32.8 Å². The first-order valence-electron chi connectivity index (χ1n) is 9.66. The Kier molecular flexibility index (Phi) is 5.87. The molecule has 1 amide bonds. The summed E-state index contributed by atoms with van der Waals surface area (Å²) in [7, 11) is 1.88. The van der Waals surface area contributed by atoms with Gasteiger partial charge in [-0.1, -0.05) is 20.8 Å². The van der Waals surface area contributed by atoms with Gasteiger partial charge in [0.05, 0.1) is 21.6 Å². The van der Waals surface area contributed by atoms with Gasteiger partial charge in [-0.3, -0.25) is 4.79 Å². The molecule has 28 heavy (non-hydrogen) atoms. The van der Waals surface area contributed by atoms with Crippen molar-refractivity contribution in [1.82, 2.24) is 19.9 Å². The zero-order chi connectivity index (χ0) is 20.7. The Morgan fingerprint density at radius 1 is 1.04 bits per heavy atom. The number of rotatable bonds is 5. The van der Waals surface area contributed by atoms with Gasteiger partial charge in [0, 0.05) is 35.3 Å². The topological polar surface area (TPSA) is 59.0 Å². The smallest absolute Gasteiger partial charge is 0.264 e. The summed E-state index contributed by atoms with van der Waals surface area (Å²) >= 11 is 3.19. The van der Waals surface area contributed by atoms with E-state index in [-0.39, 0.29) is 11.9 Å². The molecule has 5 nitrogen and oxygen atoms in total. The molecule has 150 valence electrons. The molecule has 0 fully saturated rings. The summed E-state index contributed by atoms with van der Waals surface area (Å²) in [4.78, 5) is 31.9. The zero-order valence-corrected chi connectivity index (χ0v) is 19.5. The molecule has 3 heterocycles. The number of hydrogen-bond donors (Lipinski definition) is 0. The van der Waals surface area contributed by atoms with Crippen molar-refractivity contribution in [2.45, 2.75) is 66.8 Å². The maximum absolute atomic E-state index is 13.3. The van der Waals surface area contributed by atoms with Gasteiger partial charge in [-0.2, -0.15) is 0 Å². The molecule has 0 saturated heterocycles. The quantitative estimate of drug-likeness (QED) is 0.544. The highest BCUT2D eigenvalue weighted by atomic mass is 32.1. The van der Waals surface area contributed by atoms with Crippen LogP contribution in [0.5, 0.6) is 0 Å². The summed E-state index contributed by atoms with van der Waals surface area (Å²) < 4.78 is 0. The molecule has 0 aliphatic heterocycles. The second kappa shape index (κ2) is 7.87. The van der Waals surface area contributed by atoms with Crippen LogP contribution in [0.2, 0.25) is 0 Å². The minimum Gasteiger partial charge on any atom is -0.333 e. The predicted molar refractivity (Wildman–Crippen MR) is 118 cm³/mol. The summed E-state index contributed by atoms with van der Waals surface area (Å²) in [5.41, 5.74) is 2.95. The van der Waals surface area contributed by atoms with Gasteiger partial charge in [-0.05, 0) is 33.3 Å². The number of carbonyl (C=O) groups is 1. The number of fused-ring (bicyclic) bond motifs is 1. The molecular formula is C21H28N4OS2. The van der Waals surface area contributed by atoms with Crippen molar-refractivity contribution in [2.75, 3.05) is 7.05 Å². The highest BCUT2D eigenvalue weighted by Gasteiger charge is 2.27. The van der Waals surface area contributed by atoms with Crippen LogP contribution >= 0.6 is 22.7 Å². The van der Waals surface area contributed by atoms with Crippen molar-refractivity contribution in [3.8, 4) is 0 Å². The first-order chi connectivity index (χ1) is 13.1. The van der Waals surface area contributed by atoms with Crippen molar-refractivity contribution in [1.29, 1.82) is 0 Å². The third-order valence-electron chi connectivity index (χ3n) is 5.15. The number of aromatic nitrogens is 3. The Morgan fingerprint density at radius 3 is 2.29 bits per heavy atom. The summed E-state index contributed by atoms with van der Waals surface area (Å²) in [5, 5.41) is 2.14. The Balaban J connectivity index is 1.97. The fourth-order valence-corrected chi connectivity index (χ4v) is 5.73. The molecule has 3 aromatic rings. The van der Waals surface area contributed by atoms with Gasteiger partial charge in [0.15, 0.2) is 0 Å². The number of amides is 1. The molecule has 1 atom stereocenters. The molecule has 0 aliphatic carbocycles. The summed E-state index contributed by atoms with van der Waals surface area (Å²) in [5.74, 6) is 1.25. The Hall–Kier alpha value is -1.86. The standard InChI is InChI=1S/C21H28N4OS2/c1-9-15-22-12(5)16-11(4)17(27-20(16)24-15)21(26)25(8)14(7)18-13(6)23-19(28-18)10(2)3/h10,14H,9H2,1-8H3/t14-/m1/s1. The Morgan fingerprint density at radius 2 is 1.71 bits per heavy atom. The molecule has 0 unspecified atom stereocenters. The molecule has 0 saturated carbocycles. The fourth-order valence-electron chi connectivity index (χ4n) is 3.33. The minimum atomic E-state index is -0.0273. The lowest BCUT2D eigenvalue weighted by molar-refractivity contribution is 0.0749. The Labute approximate surface area is 174 Å². The van der Waals surface area contributed by atoms with Crippen molar-refractivity contribution in [3.63, 3.8) is 0 Å². The fraction of sp³-hybridized carbons (Fsp3) is 0.524. The molecule has 0 radical (unpaired) electrons. The monoisotopic (exact) mass is 416 g/mol. The second-order valence-electron chi connectivity index (χ2n) is 7.56. The van der Waals surface area contributed by atoms with Gasteiger partial charge >= 0.3 is 0 Å². The largest absolute Gasteiger partial charge is 0.333 e. The molecule has 0 N–H and O–H groups in total. The molecule has 3 aromatic heterocycles.